The molecule has 21 heavy (non-hydrogen) atoms. The van der Waals surface area contributed by atoms with Gasteiger partial charge in [-0.25, -0.2) is 9.37 Å². The fraction of sp³-hybridized carbons (Fsp3) is 0.188. The predicted molar refractivity (Wildman–Crippen MR) is 87.8 cm³/mol. The van der Waals surface area contributed by atoms with Crippen LogP contribution in [0.1, 0.15) is 17.0 Å². The Morgan fingerprint density at radius 2 is 1.86 bits per heavy atom. The highest BCUT2D eigenvalue weighted by molar-refractivity contribution is 9.10. The van der Waals surface area contributed by atoms with Crippen LogP contribution in [0.25, 0.3) is 16.7 Å². The van der Waals surface area contributed by atoms with Gasteiger partial charge in [-0.1, -0.05) is 15.9 Å². The Balaban J connectivity index is 2.39. The molecule has 0 atom stereocenters. The first-order valence-corrected chi connectivity index (χ1v) is 7.84. The van der Waals surface area contributed by atoms with E-state index in [1.165, 1.54) is 12.1 Å². The number of fused-ring (bicyclic) bond motifs is 1. The van der Waals surface area contributed by atoms with E-state index in [4.69, 9.17) is 11.6 Å². The zero-order valence-electron chi connectivity index (χ0n) is 11.6. The summed E-state index contributed by atoms with van der Waals surface area (Å²) in [7, 11) is 0. The Bertz CT molecular complexity index is 819. The van der Waals surface area contributed by atoms with Crippen LogP contribution in [0.15, 0.2) is 34.8 Å². The Hall–Kier alpha value is -1.39. The van der Waals surface area contributed by atoms with Gasteiger partial charge in [0.15, 0.2) is 0 Å². The maximum atomic E-state index is 13.4. The Morgan fingerprint density at radius 3 is 2.48 bits per heavy atom. The number of aryl methyl sites for hydroxylation is 2. The number of hydrogen-bond donors (Lipinski definition) is 0. The van der Waals surface area contributed by atoms with Crippen molar-refractivity contribution in [2.24, 2.45) is 0 Å². The summed E-state index contributed by atoms with van der Waals surface area (Å²) < 4.78 is 16.5. The molecular formula is C16H13BrClFN2. The summed E-state index contributed by atoms with van der Waals surface area (Å²) in [5, 5.41) is 0. The van der Waals surface area contributed by atoms with E-state index < -0.39 is 0 Å². The minimum absolute atomic E-state index is 0.269. The molecule has 3 rings (SSSR count). The molecule has 0 aliphatic heterocycles. The molecule has 1 aromatic heterocycles. The largest absolute Gasteiger partial charge is 0.295 e. The van der Waals surface area contributed by atoms with Crippen LogP contribution < -0.4 is 0 Å². The fourth-order valence-electron chi connectivity index (χ4n) is 2.70. The van der Waals surface area contributed by atoms with Gasteiger partial charge in [0.1, 0.15) is 11.6 Å². The highest BCUT2D eigenvalue weighted by Crippen LogP contribution is 2.29. The monoisotopic (exact) mass is 366 g/mol. The van der Waals surface area contributed by atoms with Crippen molar-refractivity contribution in [1.29, 1.82) is 0 Å². The summed E-state index contributed by atoms with van der Waals surface area (Å²) in [6, 6.07) is 8.73. The molecule has 0 fully saturated rings. The minimum atomic E-state index is -0.294. The number of alkyl halides is 1. The number of nitrogens with zero attached hydrogens (tertiary/aromatic N) is 2. The van der Waals surface area contributed by atoms with Gasteiger partial charge in [-0.2, -0.15) is 0 Å². The third-order valence-electron chi connectivity index (χ3n) is 3.48. The molecule has 1 heterocycles. The van der Waals surface area contributed by atoms with Crippen molar-refractivity contribution in [1.82, 2.24) is 9.55 Å². The number of aromatic nitrogens is 2. The first-order chi connectivity index (χ1) is 10.0. The van der Waals surface area contributed by atoms with Crippen LogP contribution >= 0.6 is 27.5 Å². The quantitative estimate of drug-likeness (QED) is 0.563. The van der Waals surface area contributed by atoms with E-state index in [-0.39, 0.29) is 11.7 Å². The molecule has 2 aromatic carbocycles. The molecule has 0 saturated heterocycles. The molecule has 0 saturated carbocycles. The van der Waals surface area contributed by atoms with Crippen molar-refractivity contribution in [3.63, 3.8) is 0 Å². The molecular weight excluding hydrogens is 355 g/mol. The van der Waals surface area contributed by atoms with Gasteiger partial charge in [0.25, 0.3) is 0 Å². The van der Waals surface area contributed by atoms with E-state index in [2.05, 4.69) is 33.0 Å². The average molecular weight is 368 g/mol. The highest BCUT2D eigenvalue weighted by Gasteiger charge is 2.16. The second-order valence-electron chi connectivity index (χ2n) is 5.02. The van der Waals surface area contributed by atoms with Crippen LogP contribution in [0.3, 0.4) is 0 Å². The second kappa shape index (κ2) is 5.43. The number of benzene rings is 2. The third-order valence-corrected chi connectivity index (χ3v) is 4.18. The van der Waals surface area contributed by atoms with Crippen LogP contribution in [0.2, 0.25) is 0 Å². The maximum Gasteiger partial charge on any atom is 0.129 e. The molecule has 0 radical (unpaired) electrons. The average Bonchev–Trinajstić information content (AvgIpc) is 2.75. The summed E-state index contributed by atoms with van der Waals surface area (Å²) in [5.74, 6) is 0.689. The molecule has 0 bridgehead atoms. The number of halogens is 3. The molecule has 5 heteroatoms. The van der Waals surface area contributed by atoms with Gasteiger partial charge in [-0.05, 0) is 49.2 Å². The zero-order chi connectivity index (χ0) is 15.1. The van der Waals surface area contributed by atoms with Gasteiger partial charge >= 0.3 is 0 Å². The summed E-state index contributed by atoms with van der Waals surface area (Å²) in [4.78, 5) is 4.45. The van der Waals surface area contributed by atoms with Gasteiger partial charge in [-0.15, -0.1) is 11.6 Å². The number of imidazole rings is 1. The van der Waals surface area contributed by atoms with Crippen molar-refractivity contribution in [2.75, 3.05) is 0 Å². The summed E-state index contributed by atoms with van der Waals surface area (Å²) in [6.07, 6.45) is 0. The van der Waals surface area contributed by atoms with Crippen LogP contribution in [-0.4, -0.2) is 9.55 Å². The minimum Gasteiger partial charge on any atom is -0.295 e. The zero-order valence-corrected chi connectivity index (χ0v) is 14.0. The lowest BCUT2D eigenvalue weighted by Crippen LogP contribution is -2.04. The molecule has 3 aromatic rings. The Kier molecular flexibility index (Phi) is 3.76. The lowest BCUT2D eigenvalue weighted by molar-refractivity contribution is 0.629. The summed E-state index contributed by atoms with van der Waals surface area (Å²) in [6.45, 7) is 4.08. The molecule has 0 spiro atoms. The fourth-order valence-corrected chi connectivity index (χ4v) is 3.56. The predicted octanol–water partition coefficient (Wildman–Crippen LogP) is 5.28. The van der Waals surface area contributed by atoms with Gasteiger partial charge in [0.05, 0.1) is 22.6 Å². The topological polar surface area (TPSA) is 17.8 Å². The first-order valence-electron chi connectivity index (χ1n) is 6.51. The smallest absolute Gasteiger partial charge is 0.129 e. The molecule has 0 amide bonds. The third kappa shape index (κ3) is 2.47. The lowest BCUT2D eigenvalue weighted by atomic mass is 10.1. The van der Waals surface area contributed by atoms with E-state index in [9.17, 15) is 4.39 Å². The summed E-state index contributed by atoms with van der Waals surface area (Å²) in [5.41, 5.74) is 4.74. The van der Waals surface area contributed by atoms with Crippen LogP contribution in [-0.2, 0) is 5.88 Å². The van der Waals surface area contributed by atoms with Crippen molar-refractivity contribution in [3.05, 3.63) is 57.6 Å². The lowest BCUT2D eigenvalue weighted by Gasteiger charge is -2.15. The molecule has 108 valence electrons. The van der Waals surface area contributed by atoms with Crippen molar-refractivity contribution in [3.8, 4) is 5.69 Å². The van der Waals surface area contributed by atoms with Crippen LogP contribution in [0, 0.1) is 19.7 Å². The van der Waals surface area contributed by atoms with Crippen molar-refractivity contribution in [2.45, 2.75) is 19.7 Å². The highest BCUT2D eigenvalue weighted by atomic mass is 79.9. The van der Waals surface area contributed by atoms with E-state index in [0.29, 0.717) is 11.3 Å². The number of rotatable bonds is 2. The van der Waals surface area contributed by atoms with Crippen LogP contribution in [0.5, 0.6) is 0 Å². The molecule has 2 nitrogen and oxygen atoms in total. The normalized spacial score (nSPS) is 11.3. The second-order valence-corrected chi connectivity index (χ2v) is 6.20. The van der Waals surface area contributed by atoms with Crippen molar-refractivity contribution >= 4 is 38.6 Å². The van der Waals surface area contributed by atoms with Gasteiger partial charge in [0.2, 0.25) is 0 Å². The standard InChI is InChI=1S/C16H13BrClFN2/c1-9-5-11(17)6-10(2)16(9)21-14-4-3-12(19)7-13(14)20-15(21)8-18/h3-7H,8H2,1-2H3. The molecule has 0 unspecified atom stereocenters. The Labute approximate surface area is 135 Å². The van der Waals surface area contributed by atoms with E-state index in [1.54, 1.807) is 6.07 Å². The molecule has 0 aliphatic rings. The number of hydrogen-bond acceptors (Lipinski definition) is 1. The van der Waals surface area contributed by atoms with E-state index in [1.807, 2.05) is 18.4 Å². The molecule has 0 aliphatic carbocycles. The van der Waals surface area contributed by atoms with Gasteiger partial charge in [-0.3, -0.25) is 4.57 Å². The van der Waals surface area contributed by atoms with Gasteiger partial charge < -0.3 is 0 Å². The van der Waals surface area contributed by atoms with Gasteiger partial charge in [0, 0.05) is 10.5 Å². The van der Waals surface area contributed by atoms with E-state index in [0.717, 1.165) is 26.8 Å². The summed E-state index contributed by atoms with van der Waals surface area (Å²) >= 11 is 9.55. The SMILES string of the molecule is Cc1cc(Br)cc(C)c1-n1c(CCl)nc2cc(F)ccc21. The van der Waals surface area contributed by atoms with E-state index >= 15 is 0 Å². The van der Waals surface area contributed by atoms with Crippen molar-refractivity contribution < 1.29 is 4.39 Å². The first kappa shape index (κ1) is 14.5. The van der Waals surface area contributed by atoms with Crippen LogP contribution in [0.4, 0.5) is 4.39 Å². The maximum absolute atomic E-state index is 13.4. The Morgan fingerprint density at radius 1 is 1.19 bits per heavy atom. The molecule has 0 N–H and O–H groups in total.